The van der Waals surface area contributed by atoms with Crippen LogP contribution in [0.3, 0.4) is 0 Å². The molecule has 0 amide bonds. The van der Waals surface area contributed by atoms with Crippen molar-refractivity contribution < 1.29 is 13.5 Å². The second-order valence-corrected chi connectivity index (χ2v) is 8.87. The molecule has 0 aliphatic rings. The standard InChI is InChI=1S/C15H13BrClN3O3S/c1-24(22,23)6-13(21)15-14(11-2-3-18-7-19-11)8-4-10(17)9(16)5-12(8)20-15/h2-5,7,13,20-21H,6H2,1H3. The van der Waals surface area contributed by atoms with Crippen molar-refractivity contribution in [2.24, 2.45) is 0 Å². The molecule has 1 unspecified atom stereocenters. The molecule has 0 radical (unpaired) electrons. The highest BCUT2D eigenvalue weighted by Crippen LogP contribution is 2.38. The minimum absolute atomic E-state index is 0.378. The lowest BCUT2D eigenvalue weighted by Crippen LogP contribution is -2.13. The second kappa shape index (κ2) is 6.44. The van der Waals surface area contributed by atoms with E-state index in [4.69, 9.17) is 11.6 Å². The molecule has 0 aliphatic carbocycles. The summed E-state index contributed by atoms with van der Waals surface area (Å²) >= 11 is 9.55. The highest BCUT2D eigenvalue weighted by atomic mass is 79.9. The number of H-pyrrole nitrogens is 1. The fourth-order valence-corrected chi connectivity index (χ4v) is 3.79. The third-order valence-electron chi connectivity index (χ3n) is 3.50. The monoisotopic (exact) mass is 429 g/mol. The van der Waals surface area contributed by atoms with Crippen molar-refractivity contribution in [2.75, 3.05) is 12.0 Å². The SMILES string of the molecule is CS(=O)(=O)CC(O)c1[nH]c2cc(Br)c(Cl)cc2c1-c1ccncn1. The quantitative estimate of drug-likeness (QED) is 0.663. The Morgan fingerprint density at radius 1 is 1.42 bits per heavy atom. The van der Waals surface area contributed by atoms with Crippen LogP contribution in [0.2, 0.25) is 5.02 Å². The summed E-state index contributed by atoms with van der Waals surface area (Å²) in [5.74, 6) is -0.396. The Morgan fingerprint density at radius 2 is 2.17 bits per heavy atom. The van der Waals surface area contributed by atoms with E-state index in [0.29, 0.717) is 32.0 Å². The van der Waals surface area contributed by atoms with Crippen molar-refractivity contribution in [3.63, 3.8) is 0 Å². The molecule has 24 heavy (non-hydrogen) atoms. The summed E-state index contributed by atoms with van der Waals surface area (Å²) in [6.45, 7) is 0. The maximum Gasteiger partial charge on any atom is 0.150 e. The van der Waals surface area contributed by atoms with Gasteiger partial charge in [0.1, 0.15) is 22.3 Å². The molecule has 2 N–H and O–H groups in total. The van der Waals surface area contributed by atoms with Gasteiger partial charge >= 0.3 is 0 Å². The van der Waals surface area contributed by atoms with E-state index in [1.54, 1.807) is 24.4 Å². The minimum atomic E-state index is -3.36. The van der Waals surface area contributed by atoms with Crippen LogP contribution in [-0.4, -0.2) is 40.5 Å². The van der Waals surface area contributed by atoms with Crippen molar-refractivity contribution in [1.29, 1.82) is 0 Å². The fraction of sp³-hybridized carbons (Fsp3) is 0.200. The maximum atomic E-state index is 11.6. The first-order valence-electron chi connectivity index (χ1n) is 6.89. The van der Waals surface area contributed by atoms with E-state index in [2.05, 4.69) is 30.9 Å². The van der Waals surface area contributed by atoms with Crippen LogP contribution < -0.4 is 0 Å². The molecule has 0 saturated heterocycles. The van der Waals surface area contributed by atoms with Crippen molar-refractivity contribution >= 4 is 48.3 Å². The number of sulfone groups is 1. The summed E-state index contributed by atoms with van der Waals surface area (Å²) in [6, 6.07) is 5.21. The molecule has 3 rings (SSSR count). The van der Waals surface area contributed by atoms with E-state index < -0.39 is 21.7 Å². The van der Waals surface area contributed by atoms with Crippen LogP contribution in [0.5, 0.6) is 0 Å². The first kappa shape index (κ1) is 17.3. The Balaban J connectivity index is 2.28. The maximum absolute atomic E-state index is 11.6. The zero-order chi connectivity index (χ0) is 17.5. The normalized spacial score (nSPS) is 13.3. The Morgan fingerprint density at radius 3 is 2.79 bits per heavy atom. The third-order valence-corrected chi connectivity index (χ3v) is 5.62. The molecule has 0 saturated carbocycles. The van der Waals surface area contributed by atoms with Crippen LogP contribution in [0.15, 0.2) is 35.2 Å². The van der Waals surface area contributed by atoms with E-state index in [1.165, 1.54) is 6.33 Å². The third kappa shape index (κ3) is 3.46. The number of aliphatic hydroxyl groups is 1. The second-order valence-electron chi connectivity index (χ2n) is 5.43. The lowest BCUT2D eigenvalue weighted by Gasteiger charge is -2.10. The lowest BCUT2D eigenvalue weighted by atomic mass is 10.0. The van der Waals surface area contributed by atoms with E-state index >= 15 is 0 Å². The van der Waals surface area contributed by atoms with Gasteiger partial charge in [0.15, 0.2) is 0 Å². The zero-order valence-corrected chi connectivity index (χ0v) is 15.7. The molecule has 0 bridgehead atoms. The van der Waals surface area contributed by atoms with Gasteiger partial charge in [0, 0.05) is 33.4 Å². The Bertz CT molecular complexity index is 1010. The van der Waals surface area contributed by atoms with Gasteiger partial charge in [0.25, 0.3) is 0 Å². The van der Waals surface area contributed by atoms with E-state index in [1.807, 2.05) is 0 Å². The molecule has 1 atom stereocenters. The van der Waals surface area contributed by atoms with Gasteiger partial charge in [0.05, 0.1) is 22.2 Å². The summed E-state index contributed by atoms with van der Waals surface area (Å²) in [5.41, 5.74) is 2.26. The number of aromatic nitrogens is 3. The predicted molar refractivity (Wildman–Crippen MR) is 96.7 cm³/mol. The number of aliphatic hydroxyl groups excluding tert-OH is 1. The van der Waals surface area contributed by atoms with Gasteiger partial charge in [-0.25, -0.2) is 18.4 Å². The molecule has 2 aromatic heterocycles. The van der Waals surface area contributed by atoms with Crippen molar-refractivity contribution in [2.45, 2.75) is 6.10 Å². The summed E-state index contributed by atoms with van der Waals surface area (Å²) < 4.78 is 23.8. The largest absolute Gasteiger partial charge is 0.386 e. The van der Waals surface area contributed by atoms with Crippen molar-refractivity contribution in [3.8, 4) is 11.3 Å². The predicted octanol–water partition coefficient (Wildman–Crippen LogP) is 3.12. The molecule has 0 aliphatic heterocycles. The number of nitrogens with one attached hydrogen (secondary N) is 1. The van der Waals surface area contributed by atoms with Crippen molar-refractivity contribution in [1.82, 2.24) is 15.0 Å². The van der Waals surface area contributed by atoms with E-state index in [9.17, 15) is 13.5 Å². The highest BCUT2D eigenvalue weighted by Gasteiger charge is 2.24. The van der Waals surface area contributed by atoms with Gasteiger partial charge in [-0.05, 0) is 34.1 Å². The number of hydrogen-bond donors (Lipinski definition) is 2. The smallest absolute Gasteiger partial charge is 0.150 e. The summed E-state index contributed by atoms with van der Waals surface area (Å²) in [5, 5.41) is 11.7. The fourth-order valence-electron chi connectivity index (χ4n) is 2.54. The van der Waals surface area contributed by atoms with Crippen LogP contribution in [-0.2, 0) is 9.84 Å². The number of benzene rings is 1. The van der Waals surface area contributed by atoms with Gasteiger partial charge in [-0.1, -0.05) is 11.6 Å². The average Bonchev–Trinajstić information content (AvgIpc) is 2.85. The molecular weight excluding hydrogens is 418 g/mol. The van der Waals surface area contributed by atoms with Gasteiger partial charge in [-0.2, -0.15) is 0 Å². The molecule has 126 valence electrons. The first-order chi connectivity index (χ1) is 11.3. The van der Waals surface area contributed by atoms with Crippen LogP contribution in [0.1, 0.15) is 11.8 Å². The molecule has 0 spiro atoms. The van der Waals surface area contributed by atoms with Crippen LogP contribution >= 0.6 is 27.5 Å². The molecule has 2 heterocycles. The summed E-state index contributed by atoms with van der Waals surface area (Å²) in [4.78, 5) is 11.2. The van der Waals surface area contributed by atoms with Crippen LogP contribution in [0.4, 0.5) is 0 Å². The summed E-state index contributed by atoms with van der Waals surface area (Å²) in [7, 11) is -3.36. The van der Waals surface area contributed by atoms with E-state index in [-0.39, 0.29) is 0 Å². The van der Waals surface area contributed by atoms with Crippen molar-refractivity contribution in [3.05, 3.63) is 45.9 Å². The molecule has 6 nitrogen and oxygen atoms in total. The minimum Gasteiger partial charge on any atom is -0.386 e. The molecule has 9 heteroatoms. The number of hydrogen-bond acceptors (Lipinski definition) is 5. The number of halogens is 2. The van der Waals surface area contributed by atoms with E-state index in [0.717, 1.165) is 11.6 Å². The van der Waals surface area contributed by atoms with Gasteiger partial charge in [-0.15, -0.1) is 0 Å². The average molecular weight is 431 g/mol. The topological polar surface area (TPSA) is 95.9 Å². The molecule has 0 fully saturated rings. The molecule has 1 aromatic carbocycles. The Kier molecular flexibility index (Phi) is 4.65. The Labute approximate surface area is 152 Å². The van der Waals surface area contributed by atoms with Gasteiger partial charge in [0.2, 0.25) is 0 Å². The van der Waals surface area contributed by atoms with Gasteiger partial charge < -0.3 is 10.1 Å². The number of nitrogens with zero attached hydrogens (tertiary/aromatic N) is 2. The number of fused-ring (bicyclic) bond motifs is 1. The lowest BCUT2D eigenvalue weighted by molar-refractivity contribution is 0.198. The van der Waals surface area contributed by atoms with Crippen LogP contribution in [0.25, 0.3) is 22.2 Å². The molecular formula is C15H13BrClN3O3S. The molecule has 3 aromatic rings. The Hall–Kier alpha value is -1.48. The zero-order valence-electron chi connectivity index (χ0n) is 12.5. The number of rotatable bonds is 4. The first-order valence-corrected chi connectivity index (χ1v) is 10.1. The van der Waals surface area contributed by atoms with Gasteiger partial charge in [-0.3, -0.25) is 0 Å². The summed E-state index contributed by atoms with van der Waals surface area (Å²) in [6.07, 6.45) is 2.83. The van der Waals surface area contributed by atoms with Crippen LogP contribution in [0, 0.1) is 0 Å². The number of aromatic amines is 1. The highest BCUT2D eigenvalue weighted by molar-refractivity contribution is 9.10.